The summed E-state index contributed by atoms with van der Waals surface area (Å²) in [5, 5.41) is 0. The van der Waals surface area contributed by atoms with Crippen LogP contribution in [0.4, 0.5) is 0 Å². The maximum Gasteiger partial charge on any atom is 0.330 e. The molecule has 0 atom stereocenters. The Hall–Kier alpha value is -2.09. The molecule has 0 radical (unpaired) electrons. The number of benzene rings is 1. The zero-order valence-corrected chi connectivity index (χ0v) is 19.9. The summed E-state index contributed by atoms with van der Waals surface area (Å²) >= 11 is 0. The molecule has 0 aromatic heterocycles. The number of ether oxygens (including phenoxy) is 1. The van der Waals surface area contributed by atoms with Gasteiger partial charge >= 0.3 is 5.97 Å². The van der Waals surface area contributed by atoms with Crippen LogP contribution in [-0.4, -0.2) is 12.6 Å². The molecule has 0 fully saturated rings. The number of hydrogen-bond donors (Lipinski definition) is 0. The second-order valence-electron chi connectivity index (χ2n) is 10.3. The number of carbonyl (C=O) groups excluding carboxylic acids is 1. The minimum Gasteiger partial charge on any atom is -0.463 e. The van der Waals surface area contributed by atoms with E-state index < -0.39 is 0 Å². The van der Waals surface area contributed by atoms with Gasteiger partial charge in [0.05, 0.1) is 6.61 Å². The number of aryl methyl sites for hydroxylation is 1. The monoisotopic (exact) mass is 406 g/mol. The number of carbonyl (C=O) groups is 1. The van der Waals surface area contributed by atoms with Gasteiger partial charge in [-0.1, -0.05) is 52.0 Å². The van der Waals surface area contributed by atoms with Gasteiger partial charge in [0.2, 0.25) is 0 Å². The first-order chi connectivity index (χ1) is 14.0. The van der Waals surface area contributed by atoms with Crippen molar-refractivity contribution in [1.82, 2.24) is 0 Å². The first kappa shape index (κ1) is 22.6. The topological polar surface area (TPSA) is 26.3 Å². The summed E-state index contributed by atoms with van der Waals surface area (Å²) in [6.07, 6.45) is 11.7. The van der Waals surface area contributed by atoms with Crippen LogP contribution in [-0.2, 0) is 20.4 Å². The van der Waals surface area contributed by atoms with Crippen LogP contribution in [0.5, 0.6) is 0 Å². The van der Waals surface area contributed by atoms with Crippen molar-refractivity contribution in [3.8, 4) is 0 Å². The third kappa shape index (κ3) is 4.63. The Morgan fingerprint density at radius 1 is 1.07 bits per heavy atom. The third-order valence-electron chi connectivity index (χ3n) is 6.96. The van der Waals surface area contributed by atoms with Crippen LogP contribution in [0.25, 0.3) is 5.57 Å². The maximum absolute atomic E-state index is 11.7. The molecule has 0 saturated heterocycles. The van der Waals surface area contributed by atoms with Crippen molar-refractivity contribution in [3.05, 3.63) is 63.8 Å². The van der Waals surface area contributed by atoms with Gasteiger partial charge in [0.1, 0.15) is 0 Å². The van der Waals surface area contributed by atoms with Crippen molar-refractivity contribution >= 4 is 11.5 Å². The zero-order valence-electron chi connectivity index (χ0n) is 19.9. The van der Waals surface area contributed by atoms with Crippen molar-refractivity contribution in [2.24, 2.45) is 0 Å². The molecule has 0 amide bonds. The van der Waals surface area contributed by atoms with E-state index in [4.69, 9.17) is 4.74 Å². The molecule has 1 aromatic rings. The Labute approximate surface area is 183 Å². The van der Waals surface area contributed by atoms with Gasteiger partial charge < -0.3 is 4.74 Å². The van der Waals surface area contributed by atoms with E-state index in [0.717, 1.165) is 18.4 Å². The van der Waals surface area contributed by atoms with Gasteiger partial charge in [-0.2, -0.15) is 0 Å². The zero-order chi connectivity index (χ0) is 22.1. The first-order valence-electron chi connectivity index (χ1n) is 11.5. The van der Waals surface area contributed by atoms with E-state index in [-0.39, 0.29) is 16.8 Å². The van der Waals surface area contributed by atoms with Crippen molar-refractivity contribution in [1.29, 1.82) is 0 Å². The maximum atomic E-state index is 11.7. The smallest absolute Gasteiger partial charge is 0.330 e. The molecule has 0 heterocycles. The molecular formula is C28H38O2. The molecule has 162 valence electrons. The van der Waals surface area contributed by atoms with Gasteiger partial charge in [-0.25, -0.2) is 4.79 Å². The molecule has 2 nitrogen and oxygen atoms in total. The molecule has 2 aliphatic rings. The third-order valence-corrected chi connectivity index (χ3v) is 6.96. The molecule has 1 aromatic carbocycles. The van der Waals surface area contributed by atoms with Gasteiger partial charge in [0.25, 0.3) is 0 Å². The van der Waals surface area contributed by atoms with Crippen molar-refractivity contribution in [2.75, 3.05) is 6.61 Å². The van der Waals surface area contributed by atoms with E-state index in [1.54, 1.807) is 6.08 Å². The summed E-state index contributed by atoms with van der Waals surface area (Å²) in [4.78, 5) is 11.7. The summed E-state index contributed by atoms with van der Waals surface area (Å²) in [6.45, 7) is 16.0. The Morgan fingerprint density at radius 3 is 2.33 bits per heavy atom. The van der Waals surface area contributed by atoms with E-state index in [2.05, 4.69) is 58.9 Å². The largest absolute Gasteiger partial charge is 0.463 e. The number of allylic oxidation sites excluding steroid dienone is 5. The predicted octanol–water partition coefficient (Wildman–Crippen LogP) is 7.35. The first-order valence-corrected chi connectivity index (χ1v) is 11.5. The highest BCUT2D eigenvalue weighted by Gasteiger charge is 2.37. The Balaban J connectivity index is 2.00. The van der Waals surface area contributed by atoms with Crippen LogP contribution >= 0.6 is 0 Å². The molecule has 2 aliphatic carbocycles. The lowest BCUT2D eigenvalue weighted by Gasteiger charge is -2.42. The number of fused-ring (bicyclic) bond motifs is 1. The minimum atomic E-state index is -0.268. The summed E-state index contributed by atoms with van der Waals surface area (Å²) in [7, 11) is 0. The fourth-order valence-corrected chi connectivity index (χ4v) is 4.96. The van der Waals surface area contributed by atoms with Crippen LogP contribution in [0.1, 0.15) is 95.9 Å². The van der Waals surface area contributed by atoms with E-state index in [1.807, 2.05) is 13.8 Å². The molecule has 0 bridgehead atoms. The predicted molar refractivity (Wildman–Crippen MR) is 127 cm³/mol. The van der Waals surface area contributed by atoms with Crippen molar-refractivity contribution in [2.45, 2.75) is 91.4 Å². The SMILES string of the molecule is CCOC(=O)/C=C(\C)C=CC1=C(c2cc3c(cc2C)C(C)(C)CCC3(C)C)CCC1. The highest BCUT2D eigenvalue weighted by atomic mass is 16.5. The summed E-state index contributed by atoms with van der Waals surface area (Å²) < 4.78 is 5.02. The molecule has 0 spiro atoms. The molecule has 0 unspecified atom stereocenters. The van der Waals surface area contributed by atoms with Gasteiger partial charge in [-0.05, 0) is 103 Å². The fraction of sp³-hybridized carbons (Fsp3) is 0.536. The van der Waals surface area contributed by atoms with Gasteiger partial charge in [-0.3, -0.25) is 0 Å². The van der Waals surface area contributed by atoms with E-state index >= 15 is 0 Å². The summed E-state index contributed by atoms with van der Waals surface area (Å²) in [5.41, 5.74) is 10.2. The highest BCUT2D eigenvalue weighted by molar-refractivity contribution is 5.83. The lowest BCUT2D eigenvalue weighted by atomic mass is 9.62. The standard InChI is InChI=1S/C28H38O2/c1-8-30-26(29)16-19(2)12-13-21-10-9-11-22(21)23-18-25-24(17-20(23)3)27(4,5)14-15-28(25,6)7/h12-13,16-18H,8-11,14-15H2,1-7H3/b13-12?,19-16+. The van der Waals surface area contributed by atoms with E-state index in [0.29, 0.717) is 6.61 Å². The van der Waals surface area contributed by atoms with Crippen LogP contribution in [0.15, 0.2) is 41.5 Å². The number of rotatable bonds is 5. The van der Waals surface area contributed by atoms with Crippen LogP contribution in [0.2, 0.25) is 0 Å². The van der Waals surface area contributed by atoms with E-state index in [1.165, 1.54) is 52.7 Å². The van der Waals surface area contributed by atoms with Gasteiger partial charge in [0, 0.05) is 6.08 Å². The fourth-order valence-electron chi connectivity index (χ4n) is 4.96. The molecule has 30 heavy (non-hydrogen) atoms. The van der Waals surface area contributed by atoms with Gasteiger partial charge in [0.15, 0.2) is 0 Å². The summed E-state index contributed by atoms with van der Waals surface area (Å²) in [6, 6.07) is 4.96. The molecule has 0 N–H and O–H groups in total. The van der Waals surface area contributed by atoms with Crippen molar-refractivity contribution < 1.29 is 9.53 Å². The van der Waals surface area contributed by atoms with Crippen molar-refractivity contribution in [3.63, 3.8) is 0 Å². The Morgan fingerprint density at radius 2 is 1.70 bits per heavy atom. The lowest BCUT2D eigenvalue weighted by molar-refractivity contribution is -0.137. The second kappa shape index (κ2) is 8.57. The molecular weight excluding hydrogens is 368 g/mol. The minimum absolute atomic E-state index is 0.224. The highest BCUT2D eigenvalue weighted by Crippen LogP contribution is 2.48. The molecule has 0 saturated carbocycles. The average Bonchev–Trinajstić information content (AvgIpc) is 3.12. The molecule has 3 rings (SSSR count). The normalized spacial score (nSPS) is 20.6. The quantitative estimate of drug-likeness (QED) is 0.290. The number of hydrogen-bond acceptors (Lipinski definition) is 2. The number of esters is 1. The van der Waals surface area contributed by atoms with Crippen LogP contribution < -0.4 is 0 Å². The Kier molecular flexibility index (Phi) is 6.45. The average molecular weight is 407 g/mol. The van der Waals surface area contributed by atoms with E-state index in [9.17, 15) is 4.79 Å². The van der Waals surface area contributed by atoms with Gasteiger partial charge in [-0.15, -0.1) is 0 Å². The van der Waals surface area contributed by atoms with Crippen LogP contribution in [0, 0.1) is 6.92 Å². The van der Waals surface area contributed by atoms with Crippen LogP contribution in [0.3, 0.4) is 0 Å². The Bertz CT molecular complexity index is 922. The summed E-state index contributed by atoms with van der Waals surface area (Å²) in [5.74, 6) is -0.268. The molecule has 0 aliphatic heterocycles. The molecule has 2 heteroatoms. The second-order valence-corrected chi connectivity index (χ2v) is 10.3. The lowest BCUT2D eigenvalue weighted by Crippen LogP contribution is -2.34.